The van der Waals surface area contributed by atoms with Gasteiger partial charge in [0.25, 0.3) is 0 Å². The lowest BCUT2D eigenvalue weighted by Gasteiger charge is -2.14. The number of methoxy groups -OCH3 is 1. The van der Waals surface area contributed by atoms with E-state index in [0.717, 1.165) is 28.1 Å². The van der Waals surface area contributed by atoms with Crippen molar-refractivity contribution in [3.63, 3.8) is 0 Å². The second-order valence-electron chi connectivity index (χ2n) is 4.90. The fraction of sp³-hybridized carbons (Fsp3) is 0.235. The first-order valence-corrected chi connectivity index (χ1v) is 6.77. The van der Waals surface area contributed by atoms with Gasteiger partial charge in [0.2, 0.25) is 0 Å². The van der Waals surface area contributed by atoms with Crippen molar-refractivity contribution in [1.82, 2.24) is 0 Å². The minimum atomic E-state index is -0.824. The summed E-state index contributed by atoms with van der Waals surface area (Å²) in [4.78, 5) is 10.9. The normalized spacial score (nSPS) is 10.2. The number of carboxylic acids is 1. The Balaban J connectivity index is 2.17. The third-order valence-corrected chi connectivity index (χ3v) is 3.28. The number of aliphatic carboxylic acids is 1. The highest BCUT2D eigenvalue weighted by atomic mass is 16.5. The van der Waals surface area contributed by atoms with E-state index in [4.69, 9.17) is 9.84 Å². The van der Waals surface area contributed by atoms with Gasteiger partial charge in [-0.25, -0.2) is 0 Å². The largest absolute Gasteiger partial charge is 0.495 e. The lowest BCUT2D eigenvalue weighted by atomic mass is 10.0. The molecule has 0 radical (unpaired) electrons. The Hall–Kier alpha value is -2.49. The van der Waals surface area contributed by atoms with Crippen LogP contribution in [0.2, 0.25) is 0 Å². The predicted octanol–water partition coefficient (Wildman–Crippen LogP) is 3.24. The van der Waals surface area contributed by atoms with Gasteiger partial charge >= 0.3 is 5.97 Å². The molecule has 0 saturated heterocycles. The number of anilines is 1. The minimum Gasteiger partial charge on any atom is -0.495 e. The lowest BCUT2D eigenvalue weighted by molar-refractivity contribution is -0.136. The van der Waals surface area contributed by atoms with Gasteiger partial charge in [-0.3, -0.25) is 4.79 Å². The van der Waals surface area contributed by atoms with Crippen molar-refractivity contribution in [2.45, 2.75) is 19.9 Å². The van der Waals surface area contributed by atoms with E-state index < -0.39 is 5.97 Å². The highest BCUT2D eigenvalue weighted by Crippen LogP contribution is 2.26. The van der Waals surface area contributed by atoms with Crippen LogP contribution in [0, 0.1) is 6.92 Å². The maximum Gasteiger partial charge on any atom is 0.307 e. The number of hydrogen-bond acceptors (Lipinski definition) is 3. The van der Waals surface area contributed by atoms with Crippen molar-refractivity contribution in [2.24, 2.45) is 0 Å². The molecule has 0 aliphatic heterocycles. The van der Waals surface area contributed by atoms with E-state index in [2.05, 4.69) is 5.32 Å². The monoisotopic (exact) mass is 285 g/mol. The number of carbonyl (C=O) groups is 1. The molecule has 0 atom stereocenters. The third kappa shape index (κ3) is 3.99. The van der Waals surface area contributed by atoms with E-state index in [0.29, 0.717) is 6.54 Å². The van der Waals surface area contributed by atoms with Gasteiger partial charge in [0, 0.05) is 6.54 Å². The predicted molar refractivity (Wildman–Crippen MR) is 82.8 cm³/mol. The summed E-state index contributed by atoms with van der Waals surface area (Å²) in [6, 6.07) is 13.5. The Morgan fingerprint density at radius 2 is 1.90 bits per heavy atom. The lowest BCUT2D eigenvalue weighted by Crippen LogP contribution is -2.07. The number of nitrogens with one attached hydrogen (secondary N) is 1. The number of ether oxygens (including phenoxy) is 1. The molecule has 2 rings (SSSR count). The first-order chi connectivity index (χ1) is 10.1. The molecule has 4 heteroatoms. The van der Waals surface area contributed by atoms with Crippen LogP contribution < -0.4 is 10.1 Å². The second-order valence-corrected chi connectivity index (χ2v) is 4.90. The summed E-state index contributed by atoms with van der Waals surface area (Å²) < 4.78 is 5.33. The van der Waals surface area contributed by atoms with Gasteiger partial charge in [-0.2, -0.15) is 0 Å². The molecule has 0 aliphatic carbocycles. The third-order valence-electron chi connectivity index (χ3n) is 3.28. The second kappa shape index (κ2) is 6.79. The van der Waals surface area contributed by atoms with Gasteiger partial charge < -0.3 is 15.2 Å². The van der Waals surface area contributed by atoms with Crippen LogP contribution >= 0.6 is 0 Å². The number of carboxylic acid groups (broad SMARTS) is 1. The van der Waals surface area contributed by atoms with Gasteiger partial charge in [-0.1, -0.05) is 30.3 Å². The summed E-state index contributed by atoms with van der Waals surface area (Å²) in [6.07, 6.45) is 0.0306. The zero-order valence-corrected chi connectivity index (χ0v) is 12.2. The van der Waals surface area contributed by atoms with Crippen molar-refractivity contribution < 1.29 is 14.6 Å². The fourth-order valence-corrected chi connectivity index (χ4v) is 2.22. The van der Waals surface area contributed by atoms with E-state index in [1.54, 1.807) is 7.11 Å². The quantitative estimate of drug-likeness (QED) is 0.855. The van der Waals surface area contributed by atoms with Crippen LogP contribution in [0.1, 0.15) is 16.7 Å². The molecular formula is C17H19NO3. The summed E-state index contributed by atoms with van der Waals surface area (Å²) in [5.41, 5.74) is 3.84. The number of aryl methyl sites for hydroxylation is 1. The fourth-order valence-electron chi connectivity index (χ4n) is 2.22. The van der Waals surface area contributed by atoms with Crippen LogP contribution in [-0.4, -0.2) is 18.2 Å². The highest BCUT2D eigenvalue weighted by molar-refractivity contribution is 5.70. The van der Waals surface area contributed by atoms with Crippen molar-refractivity contribution in [1.29, 1.82) is 0 Å². The molecule has 0 heterocycles. The van der Waals surface area contributed by atoms with Gasteiger partial charge in [-0.15, -0.1) is 0 Å². The molecule has 0 aliphatic rings. The summed E-state index contributed by atoms with van der Waals surface area (Å²) >= 11 is 0. The molecule has 0 unspecified atom stereocenters. The van der Waals surface area contributed by atoms with Crippen molar-refractivity contribution in [2.75, 3.05) is 12.4 Å². The van der Waals surface area contributed by atoms with Gasteiger partial charge in [0.1, 0.15) is 5.75 Å². The SMILES string of the molecule is COc1ccc(C)cc1NCc1ccccc1CC(=O)O. The Bertz CT molecular complexity index is 638. The van der Waals surface area contributed by atoms with Crippen molar-refractivity contribution >= 4 is 11.7 Å². The summed E-state index contributed by atoms with van der Waals surface area (Å²) in [5, 5.41) is 12.3. The van der Waals surface area contributed by atoms with Crippen molar-refractivity contribution in [3.8, 4) is 5.75 Å². The molecule has 2 N–H and O–H groups in total. The van der Waals surface area contributed by atoms with Gasteiger partial charge in [0.15, 0.2) is 0 Å². The zero-order valence-electron chi connectivity index (χ0n) is 12.2. The Morgan fingerprint density at radius 1 is 1.19 bits per heavy atom. The van der Waals surface area contributed by atoms with Crippen LogP contribution in [0.25, 0.3) is 0 Å². The minimum absolute atomic E-state index is 0.0306. The first-order valence-electron chi connectivity index (χ1n) is 6.77. The Kier molecular flexibility index (Phi) is 4.82. The highest BCUT2D eigenvalue weighted by Gasteiger charge is 2.08. The molecule has 0 aromatic heterocycles. The molecule has 0 bridgehead atoms. The Morgan fingerprint density at radius 3 is 2.57 bits per heavy atom. The molecule has 2 aromatic carbocycles. The number of rotatable bonds is 6. The molecule has 0 spiro atoms. The molecule has 21 heavy (non-hydrogen) atoms. The number of benzene rings is 2. The number of hydrogen-bond donors (Lipinski definition) is 2. The molecule has 0 amide bonds. The van der Waals surface area contributed by atoms with Crippen molar-refractivity contribution in [3.05, 3.63) is 59.2 Å². The standard InChI is InChI=1S/C17H19NO3/c1-12-7-8-16(21-2)15(9-12)18-11-14-6-4-3-5-13(14)10-17(19)20/h3-9,18H,10-11H2,1-2H3,(H,19,20). The summed E-state index contributed by atoms with van der Waals surface area (Å²) in [6.45, 7) is 2.58. The summed E-state index contributed by atoms with van der Waals surface area (Å²) in [7, 11) is 1.63. The topological polar surface area (TPSA) is 58.6 Å². The van der Waals surface area contributed by atoms with Gasteiger partial charge in [-0.05, 0) is 35.7 Å². The first kappa shape index (κ1) is 14.9. The average Bonchev–Trinajstić information content (AvgIpc) is 2.46. The molecule has 0 saturated carbocycles. The smallest absolute Gasteiger partial charge is 0.307 e. The molecule has 4 nitrogen and oxygen atoms in total. The van der Waals surface area contributed by atoms with Crippen LogP contribution in [0.5, 0.6) is 5.75 Å². The van der Waals surface area contributed by atoms with E-state index in [9.17, 15) is 4.79 Å². The van der Waals surface area contributed by atoms with Crippen LogP contribution in [0.3, 0.4) is 0 Å². The van der Waals surface area contributed by atoms with E-state index in [-0.39, 0.29) is 6.42 Å². The molecule has 110 valence electrons. The van der Waals surface area contributed by atoms with Crippen LogP contribution in [-0.2, 0) is 17.8 Å². The summed E-state index contributed by atoms with van der Waals surface area (Å²) in [5.74, 6) is -0.0492. The maximum atomic E-state index is 10.9. The van der Waals surface area contributed by atoms with E-state index in [1.807, 2.05) is 49.4 Å². The van der Waals surface area contributed by atoms with E-state index >= 15 is 0 Å². The average molecular weight is 285 g/mol. The molecule has 2 aromatic rings. The molecular weight excluding hydrogens is 266 g/mol. The van der Waals surface area contributed by atoms with Gasteiger partial charge in [0.05, 0.1) is 19.2 Å². The Labute approximate surface area is 124 Å². The maximum absolute atomic E-state index is 10.9. The van der Waals surface area contributed by atoms with E-state index in [1.165, 1.54) is 0 Å². The van der Waals surface area contributed by atoms with Crippen LogP contribution in [0.4, 0.5) is 5.69 Å². The molecule has 0 fully saturated rings. The van der Waals surface area contributed by atoms with Crippen LogP contribution in [0.15, 0.2) is 42.5 Å². The zero-order chi connectivity index (χ0) is 15.2.